The average Bonchev–Trinajstić information content (AvgIpc) is 3.32. The summed E-state index contributed by atoms with van der Waals surface area (Å²) in [7, 11) is 0. The molecule has 0 saturated carbocycles. The predicted molar refractivity (Wildman–Crippen MR) is 131 cm³/mol. The highest BCUT2D eigenvalue weighted by atomic mass is 32.2. The number of fused-ring (bicyclic) bond motifs is 1. The third-order valence-corrected chi connectivity index (χ3v) is 6.69. The fraction of sp³-hybridized carbons (Fsp3) is 0.148. The highest BCUT2D eigenvalue weighted by Gasteiger charge is 2.29. The lowest BCUT2D eigenvalue weighted by Gasteiger charge is -2.09. The first-order chi connectivity index (χ1) is 15.7. The molecule has 1 atom stereocenters. The van der Waals surface area contributed by atoms with Gasteiger partial charge in [-0.05, 0) is 41.3 Å². The Kier molecular flexibility index (Phi) is 5.73. The molecule has 160 valence electrons. The Hall–Kier alpha value is -3.44. The van der Waals surface area contributed by atoms with E-state index in [0.717, 1.165) is 22.9 Å². The average molecular weight is 441 g/mol. The fourth-order valence-electron chi connectivity index (χ4n) is 4.05. The Labute approximate surface area is 191 Å². The molecule has 5 heteroatoms. The van der Waals surface area contributed by atoms with Crippen LogP contribution in [-0.2, 0) is 24.4 Å². The number of rotatable bonds is 7. The van der Waals surface area contributed by atoms with Crippen LogP contribution in [0.1, 0.15) is 16.7 Å². The lowest BCUT2D eigenvalue weighted by molar-refractivity contribution is -0.119. The number of hydrogen-bond acceptors (Lipinski definition) is 3. The van der Waals surface area contributed by atoms with Crippen molar-refractivity contribution in [3.8, 4) is 5.75 Å². The van der Waals surface area contributed by atoms with E-state index in [2.05, 4.69) is 71.2 Å². The van der Waals surface area contributed by atoms with E-state index in [1.54, 1.807) is 0 Å². The Morgan fingerprint density at radius 2 is 1.69 bits per heavy atom. The van der Waals surface area contributed by atoms with Gasteiger partial charge in [0.2, 0.25) is 5.91 Å². The Balaban J connectivity index is 1.31. The number of thioether (sulfide) groups is 1. The van der Waals surface area contributed by atoms with Crippen LogP contribution in [0.15, 0.2) is 96.7 Å². The van der Waals surface area contributed by atoms with Crippen molar-refractivity contribution in [2.75, 3.05) is 0 Å². The number of nitrogens with zero attached hydrogens (tertiary/aromatic N) is 1. The molecule has 1 saturated heterocycles. The molecule has 2 heterocycles. The van der Waals surface area contributed by atoms with Gasteiger partial charge in [-0.3, -0.25) is 4.79 Å². The summed E-state index contributed by atoms with van der Waals surface area (Å²) in [5.41, 5.74) is 4.71. The van der Waals surface area contributed by atoms with Crippen molar-refractivity contribution in [3.05, 3.63) is 113 Å². The molecule has 0 spiro atoms. The van der Waals surface area contributed by atoms with Crippen LogP contribution in [0.5, 0.6) is 5.75 Å². The van der Waals surface area contributed by atoms with Crippen LogP contribution in [0.4, 0.5) is 0 Å². The van der Waals surface area contributed by atoms with E-state index in [1.165, 1.54) is 33.8 Å². The molecule has 1 fully saturated rings. The molecule has 1 unspecified atom stereocenters. The summed E-state index contributed by atoms with van der Waals surface area (Å²) in [6.45, 7) is 5.19. The minimum atomic E-state index is -0.122. The molecule has 0 aliphatic carbocycles. The van der Waals surface area contributed by atoms with Gasteiger partial charge in [-0.25, -0.2) is 0 Å². The molecule has 1 N–H and O–H groups in total. The first-order valence-corrected chi connectivity index (χ1v) is 11.5. The van der Waals surface area contributed by atoms with E-state index in [9.17, 15) is 4.79 Å². The normalized spacial score (nSPS) is 15.8. The van der Waals surface area contributed by atoms with Crippen LogP contribution < -0.4 is 10.1 Å². The molecule has 0 radical (unpaired) electrons. The monoisotopic (exact) mass is 440 g/mol. The summed E-state index contributed by atoms with van der Waals surface area (Å²) in [5, 5.41) is 4.63. The lowest BCUT2D eigenvalue weighted by atomic mass is 10.1. The molecule has 0 bridgehead atoms. The molecule has 4 nitrogen and oxygen atoms in total. The van der Waals surface area contributed by atoms with Gasteiger partial charge in [0.05, 0.1) is 10.3 Å². The van der Waals surface area contributed by atoms with Gasteiger partial charge in [-0.15, -0.1) is 0 Å². The number of carbonyl (C=O) groups excluding carboxylic acids is 1. The molecule has 5 rings (SSSR count). The molecule has 32 heavy (non-hydrogen) atoms. The summed E-state index contributed by atoms with van der Waals surface area (Å²) in [5.74, 6) is 0.906. The van der Waals surface area contributed by atoms with E-state index in [0.29, 0.717) is 13.0 Å². The number of para-hydroxylation sites is 1. The number of carbonyl (C=O) groups is 1. The highest BCUT2D eigenvalue weighted by Crippen LogP contribution is 2.31. The number of ether oxygens (including phenoxy) is 1. The van der Waals surface area contributed by atoms with Crippen molar-refractivity contribution in [2.24, 2.45) is 0 Å². The van der Waals surface area contributed by atoms with Gasteiger partial charge >= 0.3 is 0 Å². The van der Waals surface area contributed by atoms with Crippen LogP contribution >= 0.6 is 11.8 Å². The highest BCUT2D eigenvalue weighted by molar-refractivity contribution is 8.04. The van der Waals surface area contributed by atoms with Gasteiger partial charge in [0.25, 0.3) is 0 Å². The zero-order valence-corrected chi connectivity index (χ0v) is 18.5. The van der Waals surface area contributed by atoms with Crippen molar-refractivity contribution in [1.82, 2.24) is 9.88 Å². The van der Waals surface area contributed by atoms with Crippen LogP contribution in [0.25, 0.3) is 10.9 Å². The molecule has 3 aromatic carbocycles. The Morgan fingerprint density at radius 1 is 0.938 bits per heavy atom. The lowest BCUT2D eigenvalue weighted by Crippen LogP contribution is -2.23. The Morgan fingerprint density at radius 3 is 2.44 bits per heavy atom. The number of benzene rings is 3. The third kappa shape index (κ3) is 4.43. The summed E-state index contributed by atoms with van der Waals surface area (Å²) < 4.78 is 8.17. The maximum absolute atomic E-state index is 12.2. The number of hydrogen-bond donors (Lipinski definition) is 1. The van der Waals surface area contributed by atoms with Gasteiger partial charge in [0.1, 0.15) is 12.4 Å². The zero-order chi connectivity index (χ0) is 21.9. The van der Waals surface area contributed by atoms with Crippen molar-refractivity contribution >= 4 is 28.6 Å². The molecule has 1 aliphatic rings. The van der Waals surface area contributed by atoms with Gasteiger partial charge in [0, 0.05) is 23.6 Å². The maximum atomic E-state index is 12.2. The van der Waals surface area contributed by atoms with Gasteiger partial charge < -0.3 is 14.6 Å². The molecule has 4 aromatic rings. The van der Waals surface area contributed by atoms with Crippen LogP contribution in [-0.4, -0.2) is 15.7 Å². The number of aromatic nitrogens is 1. The molecule has 1 amide bonds. The van der Waals surface area contributed by atoms with Gasteiger partial charge in [-0.2, -0.15) is 0 Å². The summed E-state index contributed by atoms with van der Waals surface area (Å²) in [4.78, 5) is 12.2. The summed E-state index contributed by atoms with van der Waals surface area (Å²) in [6, 6.07) is 26.8. The van der Waals surface area contributed by atoms with Crippen LogP contribution in [0.3, 0.4) is 0 Å². The second kappa shape index (κ2) is 8.97. The third-order valence-electron chi connectivity index (χ3n) is 5.64. The SMILES string of the molecule is C=C1NC(=O)C(Cc2cn(Cc3ccc(OCc4ccccc4)cc3)c3ccccc23)S1. The van der Waals surface area contributed by atoms with Gasteiger partial charge in [-0.1, -0.05) is 79.0 Å². The van der Waals surface area contributed by atoms with Crippen molar-refractivity contribution in [1.29, 1.82) is 0 Å². The fourth-order valence-corrected chi connectivity index (χ4v) is 4.98. The zero-order valence-electron chi connectivity index (χ0n) is 17.7. The second-order valence-electron chi connectivity index (χ2n) is 7.94. The first-order valence-electron chi connectivity index (χ1n) is 10.6. The predicted octanol–water partition coefficient (Wildman–Crippen LogP) is 5.51. The standard InChI is InChI=1S/C27H24N2O2S/c1-19-28-27(30)26(32-19)15-22-17-29(25-10-6-5-9-24(22)25)16-20-11-13-23(14-12-20)31-18-21-7-3-2-4-8-21/h2-14,17,26H,1,15-16,18H2,(H,28,30). The van der Waals surface area contributed by atoms with E-state index in [-0.39, 0.29) is 11.2 Å². The van der Waals surface area contributed by atoms with E-state index in [4.69, 9.17) is 4.74 Å². The summed E-state index contributed by atoms with van der Waals surface area (Å²) in [6.07, 6.45) is 2.87. The molecule has 1 aromatic heterocycles. The second-order valence-corrected chi connectivity index (χ2v) is 9.24. The Bertz CT molecular complexity index is 1260. The van der Waals surface area contributed by atoms with Gasteiger partial charge in [0.15, 0.2) is 0 Å². The molecular formula is C27H24N2O2S. The topological polar surface area (TPSA) is 43.3 Å². The van der Waals surface area contributed by atoms with Crippen molar-refractivity contribution in [2.45, 2.75) is 24.8 Å². The van der Waals surface area contributed by atoms with Crippen molar-refractivity contribution < 1.29 is 9.53 Å². The van der Waals surface area contributed by atoms with E-state index >= 15 is 0 Å². The van der Waals surface area contributed by atoms with E-state index in [1.807, 2.05) is 30.3 Å². The smallest absolute Gasteiger partial charge is 0.238 e. The van der Waals surface area contributed by atoms with E-state index < -0.39 is 0 Å². The maximum Gasteiger partial charge on any atom is 0.238 e. The number of nitrogens with one attached hydrogen (secondary N) is 1. The van der Waals surface area contributed by atoms with Crippen LogP contribution in [0.2, 0.25) is 0 Å². The molecular weight excluding hydrogens is 416 g/mol. The quantitative estimate of drug-likeness (QED) is 0.412. The number of amides is 1. The first kappa shape index (κ1) is 20.5. The van der Waals surface area contributed by atoms with Crippen LogP contribution in [0, 0.1) is 0 Å². The molecule has 1 aliphatic heterocycles. The summed E-state index contributed by atoms with van der Waals surface area (Å²) >= 11 is 1.52. The minimum absolute atomic E-state index is 0.0444. The minimum Gasteiger partial charge on any atom is -0.489 e. The largest absolute Gasteiger partial charge is 0.489 e. The van der Waals surface area contributed by atoms with Crippen molar-refractivity contribution in [3.63, 3.8) is 0 Å².